The Morgan fingerprint density at radius 3 is 2.75 bits per heavy atom. The Bertz CT molecular complexity index is 1450. The summed E-state index contributed by atoms with van der Waals surface area (Å²) in [5.74, 6) is 0.247. The predicted molar refractivity (Wildman–Crippen MR) is 147 cm³/mol. The van der Waals surface area contributed by atoms with Crippen LogP contribution in [0.1, 0.15) is 41.6 Å². The molecule has 4 aromatic rings. The standard InChI is InChI=1S/C28H23ClN4OS2/c1-17(26(34)33-28-32-25(16-35-28)22-9-5-6-10-23(22)29)36-27-21(15-30)14-20-13-19(11-12-24(20)31-27)18-7-3-2-4-8-18/h2-10,14,16-17,19H,11-13H2,1H3,(H,32,33,34). The normalized spacial score (nSPS) is 15.5. The van der Waals surface area contributed by atoms with Crippen LogP contribution in [0, 0.1) is 11.3 Å². The smallest absolute Gasteiger partial charge is 0.239 e. The molecule has 1 aliphatic carbocycles. The van der Waals surface area contributed by atoms with Crippen molar-refractivity contribution in [3.8, 4) is 17.3 Å². The lowest BCUT2D eigenvalue weighted by Gasteiger charge is -2.25. The van der Waals surface area contributed by atoms with Gasteiger partial charge in [0.2, 0.25) is 5.91 Å². The third kappa shape index (κ3) is 5.31. The summed E-state index contributed by atoms with van der Waals surface area (Å²) in [6, 6.07) is 22.2. The molecule has 2 unspecified atom stereocenters. The lowest BCUT2D eigenvalue weighted by Crippen LogP contribution is -2.23. The minimum Gasteiger partial charge on any atom is -0.301 e. The van der Waals surface area contributed by atoms with Gasteiger partial charge in [0, 0.05) is 21.7 Å². The first-order chi connectivity index (χ1) is 17.5. The summed E-state index contributed by atoms with van der Waals surface area (Å²) in [6.45, 7) is 1.82. The summed E-state index contributed by atoms with van der Waals surface area (Å²) < 4.78 is 0. The zero-order valence-corrected chi connectivity index (χ0v) is 22.0. The number of pyridine rings is 1. The van der Waals surface area contributed by atoms with Crippen LogP contribution >= 0.6 is 34.7 Å². The lowest BCUT2D eigenvalue weighted by atomic mass is 9.82. The van der Waals surface area contributed by atoms with Crippen LogP contribution < -0.4 is 5.32 Å². The van der Waals surface area contributed by atoms with Gasteiger partial charge >= 0.3 is 0 Å². The summed E-state index contributed by atoms with van der Waals surface area (Å²) in [7, 11) is 0. The fourth-order valence-electron chi connectivity index (χ4n) is 4.38. The van der Waals surface area contributed by atoms with Gasteiger partial charge in [0.15, 0.2) is 5.13 Å². The molecule has 0 spiro atoms. The number of halogens is 1. The van der Waals surface area contributed by atoms with E-state index in [1.54, 1.807) is 0 Å². The maximum Gasteiger partial charge on any atom is 0.239 e. The highest BCUT2D eigenvalue weighted by molar-refractivity contribution is 8.00. The number of hydrogen-bond acceptors (Lipinski definition) is 6. The summed E-state index contributed by atoms with van der Waals surface area (Å²) in [6.07, 6.45) is 2.76. The average molecular weight is 531 g/mol. The van der Waals surface area contributed by atoms with Gasteiger partial charge in [0.25, 0.3) is 0 Å². The first-order valence-corrected chi connectivity index (χ1v) is 13.8. The van der Waals surface area contributed by atoms with Crippen LogP contribution in [0.25, 0.3) is 11.3 Å². The van der Waals surface area contributed by atoms with Crippen molar-refractivity contribution in [1.29, 1.82) is 5.26 Å². The van der Waals surface area contributed by atoms with Crippen molar-refractivity contribution < 1.29 is 4.79 Å². The molecule has 1 aliphatic rings. The van der Waals surface area contributed by atoms with Gasteiger partial charge in [-0.1, -0.05) is 71.9 Å². The quantitative estimate of drug-likeness (QED) is 0.268. The van der Waals surface area contributed by atoms with E-state index in [1.165, 1.54) is 28.7 Å². The minimum absolute atomic E-state index is 0.187. The second-order valence-electron chi connectivity index (χ2n) is 8.68. The Morgan fingerprint density at radius 1 is 1.19 bits per heavy atom. The number of nitriles is 1. The molecule has 0 saturated heterocycles. The monoisotopic (exact) mass is 530 g/mol. The zero-order valence-electron chi connectivity index (χ0n) is 19.6. The Morgan fingerprint density at radius 2 is 1.97 bits per heavy atom. The van der Waals surface area contributed by atoms with Crippen molar-refractivity contribution in [3.05, 3.63) is 93.5 Å². The molecule has 0 radical (unpaired) electrons. The van der Waals surface area contributed by atoms with Crippen LogP contribution in [0.5, 0.6) is 0 Å². The van der Waals surface area contributed by atoms with Crippen molar-refractivity contribution in [3.63, 3.8) is 0 Å². The van der Waals surface area contributed by atoms with Crippen LogP contribution in [-0.2, 0) is 17.6 Å². The van der Waals surface area contributed by atoms with E-state index in [1.807, 2.05) is 48.7 Å². The molecule has 0 bridgehead atoms. The Balaban J connectivity index is 1.27. The van der Waals surface area contributed by atoms with E-state index < -0.39 is 5.25 Å². The van der Waals surface area contributed by atoms with E-state index in [0.717, 1.165) is 41.8 Å². The first kappa shape index (κ1) is 24.5. The number of carbonyl (C=O) groups is 1. The van der Waals surface area contributed by atoms with Crippen LogP contribution in [0.2, 0.25) is 5.02 Å². The van der Waals surface area contributed by atoms with Gasteiger partial charge in [0.1, 0.15) is 11.1 Å². The highest BCUT2D eigenvalue weighted by Gasteiger charge is 2.25. The van der Waals surface area contributed by atoms with Crippen molar-refractivity contribution in [2.24, 2.45) is 0 Å². The fraction of sp³-hybridized carbons (Fsp3) is 0.214. The van der Waals surface area contributed by atoms with E-state index in [0.29, 0.717) is 26.7 Å². The number of nitrogens with one attached hydrogen (secondary N) is 1. The largest absolute Gasteiger partial charge is 0.301 e. The molecule has 1 amide bonds. The molecule has 180 valence electrons. The molecule has 8 heteroatoms. The number of carbonyl (C=O) groups excluding carboxylic acids is 1. The van der Waals surface area contributed by atoms with Gasteiger partial charge in [-0.15, -0.1) is 11.3 Å². The molecular formula is C28H23ClN4OS2. The van der Waals surface area contributed by atoms with Crippen LogP contribution in [0.3, 0.4) is 0 Å². The summed E-state index contributed by atoms with van der Waals surface area (Å²) in [5, 5.41) is 15.8. The van der Waals surface area contributed by atoms with E-state index in [2.05, 4.69) is 40.6 Å². The molecule has 5 nitrogen and oxygen atoms in total. The molecule has 5 rings (SSSR count). The van der Waals surface area contributed by atoms with Crippen molar-refractivity contribution >= 4 is 45.7 Å². The SMILES string of the molecule is CC(Sc1nc2c(cc1C#N)CC(c1ccccc1)CC2)C(=O)Nc1nc(-c2ccccc2Cl)cs1. The number of aryl methyl sites for hydroxylation is 1. The number of thiazole rings is 1. The van der Waals surface area contributed by atoms with Crippen LogP contribution in [-0.4, -0.2) is 21.1 Å². The number of anilines is 1. The zero-order chi connectivity index (χ0) is 25.1. The van der Waals surface area contributed by atoms with E-state index in [-0.39, 0.29) is 5.91 Å². The first-order valence-electron chi connectivity index (χ1n) is 11.7. The lowest BCUT2D eigenvalue weighted by molar-refractivity contribution is -0.115. The maximum atomic E-state index is 12.9. The van der Waals surface area contributed by atoms with E-state index in [9.17, 15) is 10.1 Å². The number of hydrogen-bond donors (Lipinski definition) is 1. The number of thioether (sulfide) groups is 1. The molecular weight excluding hydrogens is 508 g/mol. The number of rotatable bonds is 6. The maximum absolute atomic E-state index is 12.9. The van der Waals surface area contributed by atoms with Crippen LogP contribution in [0.15, 0.2) is 71.1 Å². The number of fused-ring (bicyclic) bond motifs is 1. The Kier molecular flexibility index (Phi) is 7.38. The molecule has 0 fully saturated rings. The minimum atomic E-state index is -0.448. The van der Waals surface area contributed by atoms with E-state index in [4.69, 9.17) is 16.6 Å². The van der Waals surface area contributed by atoms with Gasteiger partial charge in [-0.05, 0) is 55.4 Å². The molecule has 0 saturated carbocycles. The van der Waals surface area contributed by atoms with Gasteiger partial charge in [0.05, 0.1) is 16.5 Å². The van der Waals surface area contributed by atoms with Gasteiger partial charge in [-0.25, -0.2) is 9.97 Å². The molecule has 2 atom stereocenters. The van der Waals surface area contributed by atoms with Crippen molar-refractivity contribution in [2.75, 3.05) is 5.32 Å². The second-order valence-corrected chi connectivity index (χ2v) is 11.3. The number of benzene rings is 2. The average Bonchev–Trinajstić information content (AvgIpc) is 3.36. The van der Waals surface area contributed by atoms with Gasteiger partial charge < -0.3 is 5.32 Å². The molecule has 0 aliphatic heterocycles. The molecule has 1 N–H and O–H groups in total. The highest BCUT2D eigenvalue weighted by Crippen LogP contribution is 2.36. The van der Waals surface area contributed by atoms with Crippen molar-refractivity contribution in [1.82, 2.24) is 9.97 Å². The van der Waals surface area contributed by atoms with Gasteiger partial charge in [-0.3, -0.25) is 4.79 Å². The van der Waals surface area contributed by atoms with Crippen LogP contribution in [0.4, 0.5) is 5.13 Å². The second kappa shape index (κ2) is 10.8. The molecule has 36 heavy (non-hydrogen) atoms. The Labute approximate surface area is 223 Å². The topological polar surface area (TPSA) is 78.7 Å². The van der Waals surface area contributed by atoms with E-state index >= 15 is 0 Å². The summed E-state index contributed by atoms with van der Waals surface area (Å²) >= 11 is 8.93. The summed E-state index contributed by atoms with van der Waals surface area (Å²) in [5.41, 5.74) is 5.54. The number of nitrogens with zero attached hydrogens (tertiary/aromatic N) is 3. The number of aromatic nitrogens is 2. The molecule has 2 aromatic carbocycles. The molecule has 2 aromatic heterocycles. The third-order valence-corrected chi connectivity index (χ3v) is 8.47. The Hall–Kier alpha value is -3.18. The molecule has 2 heterocycles. The summed E-state index contributed by atoms with van der Waals surface area (Å²) in [4.78, 5) is 22.3. The highest BCUT2D eigenvalue weighted by atomic mass is 35.5. The van der Waals surface area contributed by atoms with Gasteiger partial charge in [-0.2, -0.15) is 5.26 Å². The number of amides is 1. The predicted octanol–water partition coefficient (Wildman–Crippen LogP) is 7.12. The van der Waals surface area contributed by atoms with Crippen molar-refractivity contribution in [2.45, 2.75) is 42.4 Å². The fourth-order valence-corrected chi connectivity index (χ4v) is 6.22. The third-order valence-electron chi connectivity index (χ3n) is 6.29.